The van der Waals surface area contributed by atoms with Gasteiger partial charge in [-0.2, -0.15) is 0 Å². The first-order valence-corrected chi connectivity index (χ1v) is 11.3. The zero-order chi connectivity index (χ0) is 24.4. The van der Waals surface area contributed by atoms with Gasteiger partial charge in [0.2, 0.25) is 0 Å². The highest BCUT2D eigenvalue weighted by atomic mass is 19.1. The minimum Gasteiger partial charge on any atom is -0.508 e. The van der Waals surface area contributed by atoms with Crippen LogP contribution in [0, 0.1) is 24.0 Å². The first-order chi connectivity index (χ1) is 16.5. The summed E-state index contributed by atoms with van der Waals surface area (Å²) >= 11 is 0. The van der Waals surface area contributed by atoms with Crippen molar-refractivity contribution in [1.82, 2.24) is 9.88 Å². The van der Waals surface area contributed by atoms with Crippen molar-refractivity contribution in [3.8, 4) is 29.4 Å². The van der Waals surface area contributed by atoms with E-state index in [1.54, 1.807) is 6.20 Å². The van der Waals surface area contributed by atoms with Gasteiger partial charge in [0.05, 0.1) is 16.8 Å². The molecule has 3 heterocycles. The standard InChI is InChI=1S/C25H20F2N4O.C2H6/c1-3-17-20(26)8-7-15-11-16(32)12-18(21(15)17)23-22(27)24-19(13-28-23)25(30-14(2)29-24)31-9-5-4-6-10-31;1-2/h1,4-5,7-8,11-14,29,32H,6,9-10H2,2H3;1-2H3. The number of benzene rings is 2. The van der Waals surface area contributed by atoms with Crippen LogP contribution in [0.15, 0.2) is 47.6 Å². The number of aromatic nitrogens is 1. The molecule has 0 saturated heterocycles. The van der Waals surface area contributed by atoms with Crippen LogP contribution in [0.5, 0.6) is 5.75 Å². The monoisotopic (exact) mass is 460 g/mol. The molecule has 2 aliphatic heterocycles. The average molecular weight is 461 g/mol. The molecule has 0 saturated carbocycles. The van der Waals surface area contributed by atoms with Crippen molar-refractivity contribution < 1.29 is 13.9 Å². The van der Waals surface area contributed by atoms with Crippen molar-refractivity contribution in [2.75, 3.05) is 18.4 Å². The van der Waals surface area contributed by atoms with Crippen LogP contribution in [0.1, 0.15) is 38.3 Å². The lowest BCUT2D eigenvalue weighted by atomic mass is 9.95. The first kappa shape index (κ1) is 23.2. The lowest BCUT2D eigenvalue weighted by molar-refractivity contribution is 0.449. The Kier molecular flexibility index (Phi) is 6.51. The van der Waals surface area contributed by atoms with Crippen molar-refractivity contribution >= 4 is 22.3 Å². The molecular formula is C27H26F2N4O. The summed E-state index contributed by atoms with van der Waals surface area (Å²) in [6, 6.07) is 5.55. The molecule has 3 aromatic rings. The number of halogens is 2. The Labute approximate surface area is 197 Å². The highest BCUT2D eigenvalue weighted by Gasteiger charge is 2.28. The van der Waals surface area contributed by atoms with Crippen LogP contribution < -0.4 is 5.32 Å². The molecule has 0 spiro atoms. The second kappa shape index (κ2) is 9.52. The molecule has 2 aromatic carbocycles. The molecule has 1 aromatic heterocycles. The largest absolute Gasteiger partial charge is 0.508 e. The number of phenolic OH excluding ortho intramolecular Hbond substituents is 1. The fraction of sp³-hybridized carbons (Fsp3) is 0.259. The van der Waals surface area contributed by atoms with Crippen LogP contribution in [0.4, 0.5) is 14.5 Å². The number of hydrogen-bond donors (Lipinski definition) is 2. The van der Waals surface area contributed by atoms with Gasteiger partial charge in [-0.05, 0) is 36.9 Å². The van der Waals surface area contributed by atoms with Gasteiger partial charge >= 0.3 is 0 Å². The number of rotatable bonds is 1. The van der Waals surface area contributed by atoms with E-state index >= 15 is 4.39 Å². The van der Waals surface area contributed by atoms with Gasteiger partial charge in [-0.15, -0.1) is 6.42 Å². The average Bonchev–Trinajstić information content (AvgIpc) is 2.86. The summed E-state index contributed by atoms with van der Waals surface area (Å²) in [6.45, 7) is 7.32. The number of aromatic hydroxyl groups is 1. The van der Waals surface area contributed by atoms with Gasteiger partial charge in [-0.3, -0.25) is 4.98 Å². The summed E-state index contributed by atoms with van der Waals surface area (Å²) < 4.78 is 30.4. The summed E-state index contributed by atoms with van der Waals surface area (Å²) in [5.41, 5.74) is 1.04. The van der Waals surface area contributed by atoms with E-state index in [4.69, 9.17) is 6.42 Å². The third kappa shape index (κ3) is 3.96. The number of terminal acetylenes is 1. The fourth-order valence-corrected chi connectivity index (χ4v) is 4.32. The van der Waals surface area contributed by atoms with Crippen molar-refractivity contribution in [2.24, 2.45) is 4.99 Å². The molecule has 0 bridgehead atoms. The summed E-state index contributed by atoms with van der Waals surface area (Å²) in [6.07, 6.45) is 11.8. The van der Waals surface area contributed by atoms with Gasteiger partial charge in [0.25, 0.3) is 0 Å². The maximum absolute atomic E-state index is 15.9. The van der Waals surface area contributed by atoms with Gasteiger partial charge in [0.15, 0.2) is 5.82 Å². The topological polar surface area (TPSA) is 60.8 Å². The van der Waals surface area contributed by atoms with Crippen molar-refractivity contribution in [3.63, 3.8) is 0 Å². The molecule has 0 fully saturated rings. The number of fused-ring (bicyclic) bond motifs is 2. The minimum atomic E-state index is -0.603. The van der Waals surface area contributed by atoms with Crippen LogP contribution in [-0.4, -0.2) is 40.1 Å². The van der Waals surface area contributed by atoms with Crippen LogP contribution in [0.25, 0.3) is 22.0 Å². The number of nitrogens with one attached hydrogen (secondary N) is 1. The van der Waals surface area contributed by atoms with E-state index in [1.807, 2.05) is 20.8 Å². The van der Waals surface area contributed by atoms with E-state index in [0.717, 1.165) is 13.0 Å². The van der Waals surface area contributed by atoms with Gasteiger partial charge < -0.3 is 15.3 Å². The molecule has 2 aliphatic rings. The third-order valence-corrected chi connectivity index (χ3v) is 5.74. The Morgan fingerprint density at radius 3 is 2.68 bits per heavy atom. The summed E-state index contributed by atoms with van der Waals surface area (Å²) in [5, 5.41) is 14.2. The Bertz CT molecular complexity index is 1360. The molecule has 2 N–H and O–H groups in total. The lowest BCUT2D eigenvalue weighted by Crippen LogP contribution is -2.39. The van der Waals surface area contributed by atoms with Crippen molar-refractivity contribution in [2.45, 2.75) is 33.4 Å². The predicted molar refractivity (Wildman–Crippen MR) is 133 cm³/mol. The number of amidine groups is 1. The molecule has 0 radical (unpaired) electrons. The molecule has 1 atom stereocenters. The van der Waals surface area contributed by atoms with E-state index in [9.17, 15) is 9.50 Å². The van der Waals surface area contributed by atoms with Crippen LogP contribution in [0.3, 0.4) is 0 Å². The molecule has 7 heteroatoms. The van der Waals surface area contributed by atoms with Crippen LogP contribution >= 0.6 is 0 Å². The maximum atomic E-state index is 15.9. The summed E-state index contributed by atoms with van der Waals surface area (Å²) in [5.74, 6) is 1.75. The number of anilines is 1. The molecular weight excluding hydrogens is 434 g/mol. The van der Waals surface area contributed by atoms with Gasteiger partial charge in [-0.25, -0.2) is 13.8 Å². The molecule has 5 rings (SSSR count). The first-order valence-electron chi connectivity index (χ1n) is 11.3. The van der Waals surface area contributed by atoms with Gasteiger partial charge in [0.1, 0.15) is 29.3 Å². The summed E-state index contributed by atoms with van der Waals surface area (Å²) in [7, 11) is 0. The molecule has 1 unspecified atom stereocenters. The SMILES string of the molecule is C#Cc1c(F)ccc2cc(O)cc(-c3ncc4c(c3F)NC(C)N=C4N3CC=CCC3)c12.CC. The maximum Gasteiger partial charge on any atom is 0.173 e. The lowest BCUT2D eigenvalue weighted by Gasteiger charge is -2.32. The number of hydrogen-bond acceptors (Lipinski definition) is 5. The highest BCUT2D eigenvalue weighted by molar-refractivity contribution is 6.07. The zero-order valence-corrected chi connectivity index (χ0v) is 19.4. The quantitative estimate of drug-likeness (QED) is 0.363. The molecule has 0 aliphatic carbocycles. The smallest absolute Gasteiger partial charge is 0.173 e. The van der Waals surface area contributed by atoms with Crippen molar-refractivity contribution in [1.29, 1.82) is 0 Å². The van der Waals surface area contributed by atoms with E-state index in [2.05, 4.69) is 38.3 Å². The van der Waals surface area contributed by atoms with Gasteiger partial charge in [-0.1, -0.05) is 38.0 Å². The Morgan fingerprint density at radius 2 is 1.97 bits per heavy atom. The zero-order valence-electron chi connectivity index (χ0n) is 19.4. The third-order valence-electron chi connectivity index (χ3n) is 5.74. The highest BCUT2D eigenvalue weighted by Crippen LogP contribution is 2.39. The van der Waals surface area contributed by atoms with E-state index < -0.39 is 11.6 Å². The Balaban J connectivity index is 0.00000133. The summed E-state index contributed by atoms with van der Waals surface area (Å²) in [4.78, 5) is 11.1. The normalized spacial score (nSPS) is 16.6. The Hall–Kier alpha value is -3.92. The van der Waals surface area contributed by atoms with Crippen LogP contribution in [-0.2, 0) is 0 Å². The second-order valence-electron chi connectivity index (χ2n) is 7.85. The number of aliphatic imine (C=N–C) groups is 1. The number of pyridine rings is 1. The van der Waals surface area contributed by atoms with Crippen LogP contribution in [0.2, 0.25) is 0 Å². The molecule has 34 heavy (non-hydrogen) atoms. The molecule has 174 valence electrons. The van der Waals surface area contributed by atoms with E-state index in [1.165, 1.54) is 24.3 Å². The molecule has 0 amide bonds. The number of phenols is 1. The second-order valence-corrected chi connectivity index (χ2v) is 7.85. The Morgan fingerprint density at radius 1 is 1.18 bits per heavy atom. The van der Waals surface area contributed by atoms with E-state index in [0.29, 0.717) is 28.7 Å². The number of nitrogens with zero attached hydrogens (tertiary/aromatic N) is 3. The van der Waals surface area contributed by atoms with Crippen molar-refractivity contribution in [3.05, 3.63) is 65.4 Å². The minimum absolute atomic E-state index is 0.0000957. The van der Waals surface area contributed by atoms with Gasteiger partial charge in [0, 0.05) is 30.2 Å². The van der Waals surface area contributed by atoms with E-state index in [-0.39, 0.29) is 34.4 Å². The fourth-order valence-electron chi connectivity index (χ4n) is 4.32. The predicted octanol–water partition coefficient (Wildman–Crippen LogP) is 5.67. The molecule has 5 nitrogen and oxygen atoms in total.